The van der Waals surface area contributed by atoms with Crippen molar-refractivity contribution in [3.05, 3.63) is 24.5 Å². The van der Waals surface area contributed by atoms with Crippen molar-refractivity contribution in [3.63, 3.8) is 0 Å². The molecule has 1 amide bonds. The van der Waals surface area contributed by atoms with Gasteiger partial charge in [-0.3, -0.25) is 14.9 Å². The van der Waals surface area contributed by atoms with Crippen molar-refractivity contribution in [2.45, 2.75) is 6.10 Å². The third-order valence-corrected chi connectivity index (χ3v) is 1.63. The minimum atomic E-state index is -0.595. The Hall–Kier alpha value is -1.33. The molecule has 1 aromatic heterocycles. The Morgan fingerprint density at radius 1 is 1.62 bits per heavy atom. The molecule has 1 unspecified atom stereocenters. The molecule has 3 N–H and O–H groups in total. The Morgan fingerprint density at radius 2 is 2.23 bits per heavy atom. The molecule has 0 saturated carbocycles. The molecule has 72 valence electrons. The number of methoxy groups -OCH3 is 1. The predicted molar refractivity (Wildman–Crippen MR) is 48.7 cm³/mol. The number of rotatable bonds is 4. The zero-order valence-electron chi connectivity index (χ0n) is 7.43. The van der Waals surface area contributed by atoms with Crippen LogP contribution in [0, 0.1) is 0 Å². The van der Waals surface area contributed by atoms with Gasteiger partial charge in [0.25, 0.3) is 5.91 Å². The first-order chi connectivity index (χ1) is 6.27. The molecule has 0 aliphatic heterocycles. The van der Waals surface area contributed by atoms with Gasteiger partial charge < -0.3 is 10.5 Å². The third-order valence-electron chi connectivity index (χ3n) is 1.63. The van der Waals surface area contributed by atoms with Gasteiger partial charge in [0.2, 0.25) is 0 Å². The van der Waals surface area contributed by atoms with E-state index in [1.165, 1.54) is 7.11 Å². The van der Waals surface area contributed by atoms with Crippen molar-refractivity contribution in [3.8, 4) is 0 Å². The van der Waals surface area contributed by atoms with E-state index >= 15 is 0 Å². The van der Waals surface area contributed by atoms with E-state index < -0.39 is 6.10 Å². The van der Waals surface area contributed by atoms with Crippen LogP contribution in [0.5, 0.6) is 0 Å². The third kappa shape index (κ3) is 2.57. The Bertz CT molecular complexity index is 254. The van der Waals surface area contributed by atoms with Crippen molar-refractivity contribution in [1.29, 1.82) is 0 Å². The topological polar surface area (TPSA) is 69.3 Å². The maximum Gasteiger partial charge on any atom is 0.269 e. The highest BCUT2D eigenvalue weighted by Gasteiger charge is 2.14. The Morgan fingerprint density at radius 3 is 2.69 bits per heavy atom. The first-order valence-corrected chi connectivity index (χ1v) is 3.94. The fourth-order valence-electron chi connectivity index (χ4n) is 0.919. The number of hydrogen-bond acceptors (Lipinski definition) is 3. The van der Waals surface area contributed by atoms with Crippen molar-refractivity contribution >= 4 is 5.91 Å². The molecule has 0 spiro atoms. The molecule has 5 nitrogen and oxygen atoms in total. The largest absolute Gasteiger partial charge is 0.370 e. The first kappa shape index (κ1) is 9.76. The van der Waals surface area contributed by atoms with Gasteiger partial charge in [0.05, 0.1) is 0 Å². The smallest absolute Gasteiger partial charge is 0.269 e. The van der Waals surface area contributed by atoms with Crippen LogP contribution in [0.25, 0.3) is 0 Å². The molecular weight excluding hydrogens is 170 g/mol. The summed E-state index contributed by atoms with van der Waals surface area (Å²) in [6, 6.07) is 3.62. The van der Waals surface area contributed by atoms with Crippen LogP contribution in [0.3, 0.4) is 0 Å². The number of carbonyl (C=O) groups excluding carboxylic acids is 1. The van der Waals surface area contributed by atoms with Crippen LogP contribution in [0.1, 0.15) is 0 Å². The number of hydrogen-bond donors (Lipinski definition) is 2. The zero-order chi connectivity index (χ0) is 9.68. The lowest BCUT2D eigenvalue weighted by Gasteiger charge is -2.13. The molecule has 0 fully saturated rings. The fraction of sp³-hybridized carbons (Fsp3) is 0.375. The van der Waals surface area contributed by atoms with E-state index in [-0.39, 0.29) is 12.5 Å². The Kier molecular flexibility index (Phi) is 3.48. The van der Waals surface area contributed by atoms with Gasteiger partial charge >= 0.3 is 0 Å². The Balaban J connectivity index is 2.49. The van der Waals surface area contributed by atoms with E-state index in [2.05, 4.69) is 5.43 Å². The molecule has 0 aliphatic carbocycles. The summed E-state index contributed by atoms with van der Waals surface area (Å²) in [7, 11) is 1.45. The van der Waals surface area contributed by atoms with Crippen molar-refractivity contribution in [2.75, 3.05) is 19.1 Å². The average molecular weight is 183 g/mol. The van der Waals surface area contributed by atoms with E-state index in [4.69, 9.17) is 10.5 Å². The standard InChI is InChI=1S/C8H13N3O2/c1-13-7(6-9)8(12)10-11-4-2-3-5-11/h2-5,7H,6,9H2,1H3,(H,10,12). The minimum absolute atomic E-state index is 0.170. The van der Waals surface area contributed by atoms with Crippen LogP contribution < -0.4 is 11.2 Å². The highest BCUT2D eigenvalue weighted by Crippen LogP contribution is 1.90. The number of nitrogens with one attached hydrogen (secondary N) is 1. The van der Waals surface area contributed by atoms with Gasteiger partial charge in [-0.25, -0.2) is 0 Å². The first-order valence-electron chi connectivity index (χ1n) is 3.94. The van der Waals surface area contributed by atoms with Crippen LogP contribution in [0.4, 0.5) is 0 Å². The second-order valence-corrected chi connectivity index (χ2v) is 2.53. The van der Waals surface area contributed by atoms with Gasteiger partial charge in [0.1, 0.15) is 6.10 Å². The molecule has 1 heterocycles. The molecule has 0 bridgehead atoms. The highest BCUT2D eigenvalue weighted by molar-refractivity contribution is 5.88. The van der Waals surface area contributed by atoms with E-state index in [1.54, 1.807) is 17.1 Å². The van der Waals surface area contributed by atoms with Crippen LogP contribution in [-0.2, 0) is 9.53 Å². The molecule has 0 aliphatic rings. The highest BCUT2D eigenvalue weighted by atomic mass is 16.5. The van der Waals surface area contributed by atoms with Crippen molar-refractivity contribution < 1.29 is 9.53 Å². The van der Waals surface area contributed by atoms with Crippen LogP contribution in [-0.4, -0.2) is 30.3 Å². The zero-order valence-corrected chi connectivity index (χ0v) is 7.43. The van der Waals surface area contributed by atoms with Gasteiger partial charge in [-0.1, -0.05) is 0 Å². The summed E-state index contributed by atoms with van der Waals surface area (Å²) in [6.45, 7) is 0.170. The van der Waals surface area contributed by atoms with Gasteiger partial charge in [0, 0.05) is 26.0 Å². The van der Waals surface area contributed by atoms with Gasteiger partial charge in [-0.15, -0.1) is 0 Å². The summed E-state index contributed by atoms with van der Waals surface area (Å²) < 4.78 is 6.41. The quantitative estimate of drug-likeness (QED) is 0.663. The minimum Gasteiger partial charge on any atom is -0.370 e. The number of amides is 1. The lowest BCUT2D eigenvalue weighted by Crippen LogP contribution is -2.38. The molecule has 0 aromatic carbocycles. The van der Waals surface area contributed by atoms with E-state index in [0.717, 1.165) is 0 Å². The monoisotopic (exact) mass is 183 g/mol. The second kappa shape index (κ2) is 4.64. The molecule has 1 rings (SSSR count). The van der Waals surface area contributed by atoms with Crippen LogP contribution in [0.2, 0.25) is 0 Å². The lowest BCUT2D eigenvalue weighted by atomic mass is 10.3. The van der Waals surface area contributed by atoms with E-state index in [1.807, 2.05) is 12.1 Å². The van der Waals surface area contributed by atoms with Gasteiger partial charge in [-0.2, -0.15) is 0 Å². The van der Waals surface area contributed by atoms with E-state index in [9.17, 15) is 4.79 Å². The molecule has 0 radical (unpaired) electrons. The second-order valence-electron chi connectivity index (χ2n) is 2.53. The van der Waals surface area contributed by atoms with Gasteiger partial charge in [0.15, 0.2) is 0 Å². The summed E-state index contributed by atoms with van der Waals surface area (Å²) >= 11 is 0. The van der Waals surface area contributed by atoms with Crippen LogP contribution >= 0.6 is 0 Å². The van der Waals surface area contributed by atoms with Crippen molar-refractivity contribution in [2.24, 2.45) is 5.73 Å². The Labute approximate surface area is 76.4 Å². The summed E-state index contributed by atoms with van der Waals surface area (Å²) in [6.07, 6.45) is 2.85. The number of ether oxygens (including phenoxy) is 1. The summed E-state index contributed by atoms with van der Waals surface area (Å²) in [5.41, 5.74) is 7.91. The van der Waals surface area contributed by atoms with Crippen LogP contribution in [0.15, 0.2) is 24.5 Å². The molecular formula is C8H13N3O2. The molecule has 13 heavy (non-hydrogen) atoms. The number of carbonyl (C=O) groups is 1. The number of nitrogens with two attached hydrogens (primary N) is 1. The summed E-state index contributed by atoms with van der Waals surface area (Å²) in [5.74, 6) is -0.249. The average Bonchev–Trinajstić information content (AvgIpc) is 2.59. The molecule has 1 aromatic rings. The maximum absolute atomic E-state index is 11.3. The lowest BCUT2D eigenvalue weighted by molar-refractivity contribution is -0.126. The SMILES string of the molecule is COC(CN)C(=O)Nn1cccc1. The molecule has 5 heteroatoms. The maximum atomic E-state index is 11.3. The molecule has 1 atom stereocenters. The number of aromatic nitrogens is 1. The summed E-state index contributed by atoms with van der Waals surface area (Å²) in [4.78, 5) is 11.3. The predicted octanol–water partition coefficient (Wildman–Crippen LogP) is -0.468. The van der Waals surface area contributed by atoms with Crippen molar-refractivity contribution in [1.82, 2.24) is 4.68 Å². The van der Waals surface area contributed by atoms with Gasteiger partial charge in [-0.05, 0) is 12.1 Å². The summed E-state index contributed by atoms with van der Waals surface area (Å²) in [5, 5.41) is 0. The number of nitrogens with zero attached hydrogens (tertiary/aromatic N) is 1. The van der Waals surface area contributed by atoms with E-state index in [0.29, 0.717) is 0 Å². The normalized spacial score (nSPS) is 12.5. The molecule has 0 saturated heterocycles. The fourth-order valence-corrected chi connectivity index (χ4v) is 0.919.